The molecule has 0 amide bonds. The Bertz CT molecular complexity index is 285. The average molecular weight is 259 g/mol. The minimum Gasteiger partial charge on any atom is -0.377 e. The standard InChI is InChI=1S/C10H15BrN2O/c1-10(2,14-3)7-13-9-5-4-8(11)6-12-9/h4-6H,7H2,1-3H3,(H,12,13). The third-order valence-electron chi connectivity index (χ3n) is 1.98. The second kappa shape index (κ2) is 4.75. The second-order valence-electron chi connectivity index (χ2n) is 3.68. The number of hydrogen-bond donors (Lipinski definition) is 1. The molecule has 0 saturated carbocycles. The first kappa shape index (κ1) is 11.5. The Hall–Kier alpha value is -0.610. The predicted molar refractivity (Wildman–Crippen MR) is 61.5 cm³/mol. The highest BCUT2D eigenvalue weighted by atomic mass is 79.9. The van der Waals surface area contributed by atoms with Gasteiger partial charge in [-0.25, -0.2) is 4.98 Å². The number of nitrogens with zero attached hydrogens (tertiary/aromatic N) is 1. The van der Waals surface area contributed by atoms with Gasteiger partial charge in [0.2, 0.25) is 0 Å². The van der Waals surface area contributed by atoms with Gasteiger partial charge in [0.25, 0.3) is 0 Å². The summed E-state index contributed by atoms with van der Waals surface area (Å²) >= 11 is 3.33. The van der Waals surface area contributed by atoms with Crippen LogP contribution in [0.2, 0.25) is 0 Å². The molecule has 1 aromatic rings. The lowest BCUT2D eigenvalue weighted by Crippen LogP contribution is -2.32. The summed E-state index contributed by atoms with van der Waals surface area (Å²) in [6, 6.07) is 3.88. The van der Waals surface area contributed by atoms with Gasteiger partial charge in [-0.3, -0.25) is 0 Å². The number of anilines is 1. The van der Waals surface area contributed by atoms with Crippen LogP contribution in [0.15, 0.2) is 22.8 Å². The molecule has 1 heterocycles. The van der Waals surface area contributed by atoms with Crippen molar-refractivity contribution in [3.05, 3.63) is 22.8 Å². The molecular formula is C10H15BrN2O. The van der Waals surface area contributed by atoms with Gasteiger partial charge in [0.05, 0.1) is 5.60 Å². The molecule has 0 bridgehead atoms. The summed E-state index contributed by atoms with van der Waals surface area (Å²) < 4.78 is 6.26. The van der Waals surface area contributed by atoms with E-state index in [1.807, 2.05) is 26.0 Å². The molecule has 78 valence electrons. The van der Waals surface area contributed by atoms with E-state index in [9.17, 15) is 0 Å². The van der Waals surface area contributed by atoms with Crippen LogP contribution in [0.5, 0.6) is 0 Å². The van der Waals surface area contributed by atoms with E-state index in [-0.39, 0.29) is 5.60 Å². The molecule has 4 heteroatoms. The van der Waals surface area contributed by atoms with Gasteiger partial charge in [-0.1, -0.05) is 0 Å². The smallest absolute Gasteiger partial charge is 0.126 e. The highest BCUT2D eigenvalue weighted by molar-refractivity contribution is 9.10. The van der Waals surface area contributed by atoms with E-state index >= 15 is 0 Å². The van der Waals surface area contributed by atoms with Crippen molar-refractivity contribution < 1.29 is 4.74 Å². The molecule has 0 atom stereocenters. The molecule has 1 rings (SSSR count). The molecule has 3 nitrogen and oxygen atoms in total. The van der Waals surface area contributed by atoms with E-state index < -0.39 is 0 Å². The van der Waals surface area contributed by atoms with Crippen molar-refractivity contribution in [1.29, 1.82) is 0 Å². The van der Waals surface area contributed by atoms with Gasteiger partial charge in [0.1, 0.15) is 5.82 Å². The lowest BCUT2D eigenvalue weighted by molar-refractivity contribution is 0.0343. The number of halogens is 1. The van der Waals surface area contributed by atoms with E-state index in [0.29, 0.717) is 0 Å². The number of ether oxygens (including phenoxy) is 1. The quantitative estimate of drug-likeness (QED) is 0.902. The minimum absolute atomic E-state index is 0.172. The molecule has 14 heavy (non-hydrogen) atoms. The van der Waals surface area contributed by atoms with Crippen molar-refractivity contribution in [3.8, 4) is 0 Å². The van der Waals surface area contributed by atoms with Crippen molar-refractivity contribution >= 4 is 21.7 Å². The lowest BCUT2D eigenvalue weighted by Gasteiger charge is -2.23. The molecule has 0 saturated heterocycles. The van der Waals surface area contributed by atoms with Crippen LogP contribution in [0.4, 0.5) is 5.82 Å². The van der Waals surface area contributed by atoms with Crippen LogP contribution < -0.4 is 5.32 Å². The van der Waals surface area contributed by atoms with Gasteiger partial charge >= 0.3 is 0 Å². The molecule has 0 radical (unpaired) electrons. The van der Waals surface area contributed by atoms with Crippen LogP contribution in [0, 0.1) is 0 Å². The van der Waals surface area contributed by atoms with Crippen LogP contribution in [0.1, 0.15) is 13.8 Å². The average Bonchev–Trinajstić information content (AvgIpc) is 2.17. The van der Waals surface area contributed by atoms with Gasteiger partial charge in [-0.05, 0) is 41.9 Å². The van der Waals surface area contributed by atoms with Crippen molar-refractivity contribution in [3.63, 3.8) is 0 Å². The van der Waals surface area contributed by atoms with Gasteiger partial charge in [0.15, 0.2) is 0 Å². The first-order valence-corrected chi connectivity index (χ1v) is 5.23. The molecule has 0 spiro atoms. The fourth-order valence-corrected chi connectivity index (χ4v) is 1.09. The number of pyridine rings is 1. The highest BCUT2D eigenvalue weighted by Gasteiger charge is 2.15. The predicted octanol–water partition coefficient (Wildman–Crippen LogP) is 2.68. The fraction of sp³-hybridized carbons (Fsp3) is 0.500. The normalized spacial score (nSPS) is 11.4. The van der Waals surface area contributed by atoms with Crippen molar-refractivity contribution in [2.75, 3.05) is 19.0 Å². The van der Waals surface area contributed by atoms with Crippen LogP contribution in [0.3, 0.4) is 0 Å². The maximum atomic E-state index is 5.28. The molecule has 0 aliphatic heterocycles. The van der Waals surface area contributed by atoms with Gasteiger partial charge in [-0.2, -0.15) is 0 Å². The molecular weight excluding hydrogens is 244 g/mol. The summed E-state index contributed by atoms with van der Waals surface area (Å²) in [4.78, 5) is 4.20. The van der Waals surface area contributed by atoms with Crippen LogP contribution in [0.25, 0.3) is 0 Å². The Labute approximate surface area is 93.0 Å². The zero-order valence-electron chi connectivity index (χ0n) is 8.67. The summed E-state index contributed by atoms with van der Waals surface area (Å²) in [5, 5.41) is 3.21. The maximum absolute atomic E-state index is 5.28. The Morgan fingerprint density at radius 2 is 2.21 bits per heavy atom. The van der Waals surface area contributed by atoms with Crippen molar-refractivity contribution in [2.24, 2.45) is 0 Å². The third-order valence-corrected chi connectivity index (χ3v) is 2.44. The van der Waals surface area contributed by atoms with Gasteiger partial charge in [0, 0.05) is 24.3 Å². The summed E-state index contributed by atoms with van der Waals surface area (Å²) in [5.41, 5.74) is -0.172. The van der Waals surface area contributed by atoms with Crippen LogP contribution in [-0.4, -0.2) is 24.2 Å². The molecule has 0 aromatic carbocycles. The van der Waals surface area contributed by atoms with Gasteiger partial charge < -0.3 is 10.1 Å². The number of rotatable bonds is 4. The largest absolute Gasteiger partial charge is 0.377 e. The van der Waals surface area contributed by atoms with E-state index in [1.54, 1.807) is 13.3 Å². The first-order valence-electron chi connectivity index (χ1n) is 4.44. The monoisotopic (exact) mass is 258 g/mol. The topological polar surface area (TPSA) is 34.1 Å². The van der Waals surface area contributed by atoms with Gasteiger partial charge in [-0.15, -0.1) is 0 Å². The first-order chi connectivity index (χ1) is 6.53. The number of methoxy groups -OCH3 is 1. The van der Waals surface area contributed by atoms with E-state index in [1.165, 1.54) is 0 Å². The summed E-state index contributed by atoms with van der Waals surface area (Å²) in [5.74, 6) is 0.860. The van der Waals surface area contributed by atoms with Crippen molar-refractivity contribution in [2.45, 2.75) is 19.4 Å². The maximum Gasteiger partial charge on any atom is 0.126 e. The zero-order chi connectivity index (χ0) is 10.6. The molecule has 0 aliphatic rings. The summed E-state index contributed by atoms with van der Waals surface area (Å²) in [6.45, 7) is 4.79. The Kier molecular flexibility index (Phi) is 3.89. The summed E-state index contributed by atoms with van der Waals surface area (Å²) in [7, 11) is 1.71. The third kappa shape index (κ3) is 3.64. The second-order valence-corrected chi connectivity index (χ2v) is 4.59. The molecule has 0 fully saturated rings. The molecule has 0 unspecified atom stereocenters. The molecule has 0 aliphatic carbocycles. The highest BCUT2D eigenvalue weighted by Crippen LogP contribution is 2.12. The fourth-order valence-electron chi connectivity index (χ4n) is 0.856. The van der Waals surface area contributed by atoms with E-state index in [4.69, 9.17) is 4.74 Å². The van der Waals surface area contributed by atoms with Crippen molar-refractivity contribution in [1.82, 2.24) is 4.98 Å². The lowest BCUT2D eigenvalue weighted by atomic mass is 10.1. The Morgan fingerprint density at radius 3 is 2.71 bits per heavy atom. The number of hydrogen-bond acceptors (Lipinski definition) is 3. The Balaban J connectivity index is 2.50. The molecule has 1 N–H and O–H groups in total. The SMILES string of the molecule is COC(C)(C)CNc1ccc(Br)cn1. The number of aromatic nitrogens is 1. The van der Waals surface area contributed by atoms with Crippen LogP contribution in [-0.2, 0) is 4.74 Å². The van der Waals surface area contributed by atoms with E-state index in [0.717, 1.165) is 16.8 Å². The minimum atomic E-state index is -0.172. The Morgan fingerprint density at radius 1 is 1.50 bits per heavy atom. The van der Waals surface area contributed by atoms with Crippen LogP contribution >= 0.6 is 15.9 Å². The summed E-state index contributed by atoms with van der Waals surface area (Å²) in [6.07, 6.45) is 1.77. The molecule has 1 aromatic heterocycles. The number of nitrogens with one attached hydrogen (secondary N) is 1. The van der Waals surface area contributed by atoms with E-state index in [2.05, 4.69) is 26.2 Å². The zero-order valence-corrected chi connectivity index (χ0v) is 10.3.